The first-order valence-corrected chi connectivity index (χ1v) is 14.0. The quantitative estimate of drug-likeness (QED) is 0.402. The summed E-state index contributed by atoms with van der Waals surface area (Å²) in [7, 11) is -1.18. The normalized spacial score (nSPS) is 15.3. The lowest BCUT2D eigenvalue weighted by molar-refractivity contribution is 0.209. The number of nitrogens with zero attached hydrogens (tertiary/aromatic N) is 4. The fourth-order valence-electron chi connectivity index (χ4n) is 4.88. The number of aromatic nitrogens is 2. The smallest absolute Gasteiger partial charge is 0.175 e. The standard InChI is InChI=1S/C28H32N4O2S/c1-20(2)31-13-15-32(16-14-31)24-9-5-21(6-10-24)26-18-28-23(19-29-26)17-27(30(28)3)22-7-11-25(12-8-22)35(4,33)34/h5-12,17-20H,13-16H2,1-4H3. The highest BCUT2D eigenvalue weighted by Crippen LogP contribution is 2.31. The van der Waals surface area contributed by atoms with Gasteiger partial charge in [0, 0.05) is 74.1 Å². The van der Waals surface area contributed by atoms with Crippen LogP contribution >= 0.6 is 0 Å². The van der Waals surface area contributed by atoms with Gasteiger partial charge in [-0.15, -0.1) is 0 Å². The predicted molar refractivity (Wildman–Crippen MR) is 144 cm³/mol. The van der Waals surface area contributed by atoms with Gasteiger partial charge in [-0.05, 0) is 55.8 Å². The summed E-state index contributed by atoms with van der Waals surface area (Å²) in [6.45, 7) is 8.84. The number of aryl methyl sites for hydroxylation is 1. The minimum absolute atomic E-state index is 0.328. The molecule has 35 heavy (non-hydrogen) atoms. The van der Waals surface area contributed by atoms with Crippen molar-refractivity contribution in [3.63, 3.8) is 0 Å². The van der Waals surface area contributed by atoms with Gasteiger partial charge >= 0.3 is 0 Å². The molecule has 6 nitrogen and oxygen atoms in total. The van der Waals surface area contributed by atoms with E-state index >= 15 is 0 Å². The van der Waals surface area contributed by atoms with Crippen LogP contribution in [0.15, 0.2) is 71.8 Å². The Bertz CT molecular complexity index is 1450. The van der Waals surface area contributed by atoms with Crippen LogP contribution in [0.25, 0.3) is 33.4 Å². The largest absolute Gasteiger partial charge is 0.369 e. The van der Waals surface area contributed by atoms with Gasteiger partial charge in [-0.3, -0.25) is 9.88 Å². The number of fused-ring (bicyclic) bond motifs is 1. The summed E-state index contributed by atoms with van der Waals surface area (Å²) in [4.78, 5) is 10.0. The fourth-order valence-corrected chi connectivity index (χ4v) is 5.51. The maximum absolute atomic E-state index is 11.8. The van der Waals surface area contributed by atoms with Gasteiger partial charge in [0.2, 0.25) is 0 Å². The molecule has 5 rings (SSSR count). The molecule has 2 aromatic carbocycles. The number of pyridine rings is 1. The van der Waals surface area contributed by atoms with Crippen molar-refractivity contribution in [3.8, 4) is 22.5 Å². The van der Waals surface area contributed by atoms with E-state index in [1.165, 1.54) is 11.9 Å². The molecule has 0 spiro atoms. The lowest BCUT2D eigenvalue weighted by Crippen LogP contribution is -2.48. The van der Waals surface area contributed by atoms with E-state index in [-0.39, 0.29) is 0 Å². The van der Waals surface area contributed by atoms with Crippen molar-refractivity contribution in [2.75, 3.05) is 37.3 Å². The Morgan fingerprint density at radius 3 is 2.09 bits per heavy atom. The SMILES string of the molecule is CC(C)N1CCN(c2ccc(-c3cc4c(cn3)cc(-c3ccc(S(C)(=O)=O)cc3)n4C)cc2)CC1. The van der Waals surface area contributed by atoms with Crippen LogP contribution in [-0.4, -0.2) is 61.3 Å². The van der Waals surface area contributed by atoms with E-state index in [1.54, 1.807) is 12.1 Å². The summed E-state index contributed by atoms with van der Waals surface area (Å²) in [6.07, 6.45) is 3.14. The Balaban J connectivity index is 1.39. The molecule has 0 unspecified atom stereocenters. The van der Waals surface area contributed by atoms with Gasteiger partial charge in [0.1, 0.15) is 0 Å². The van der Waals surface area contributed by atoms with Gasteiger partial charge in [-0.2, -0.15) is 0 Å². The third-order valence-electron chi connectivity index (χ3n) is 7.08. The molecule has 0 aliphatic carbocycles. The average molecular weight is 489 g/mol. The van der Waals surface area contributed by atoms with Crippen molar-refractivity contribution in [1.82, 2.24) is 14.5 Å². The summed E-state index contributed by atoms with van der Waals surface area (Å²) < 4.78 is 25.7. The molecular formula is C28H32N4O2S. The third-order valence-corrected chi connectivity index (χ3v) is 8.21. The first-order chi connectivity index (χ1) is 16.7. The van der Waals surface area contributed by atoms with Crippen LogP contribution < -0.4 is 4.90 Å². The fraction of sp³-hybridized carbons (Fsp3) is 0.321. The number of hydrogen-bond donors (Lipinski definition) is 0. The zero-order valence-electron chi connectivity index (χ0n) is 20.8. The molecule has 0 atom stereocenters. The Morgan fingerprint density at radius 2 is 1.49 bits per heavy atom. The van der Waals surface area contributed by atoms with Gasteiger partial charge < -0.3 is 9.47 Å². The minimum atomic E-state index is -3.21. The number of hydrogen-bond acceptors (Lipinski definition) is 5. The van der Waals surface area contributed by atoms with Gasteiger partial charge in [-0.25, -0.2) is 8.42 Å². The van der Waals surface area contributed by atoms with Crippen LogP contribution in [0.3, 0.4) is 0 Å². The molecule has 0 saturated carbocycles. The monoisotopic (exact) mass is 488 g/mol. The Kier molecular flexibility index (Phi) is 6.15. The van der Waals surface area contributed by atoms with Crippen molar-refractivity contribution < 1.29 is 8.42 Å². The molecule has 0 radical (unpaired) electrons. The molecule has 1 fully saturated rings. The summed E-state index contributed by atoms with van der Waals surface area (Å²) in [6, 6.07) is 20.6. The summed E-state index contributed by atoms with van der Waals surface area (Å²) in [5.74, 6) is 0. The predicted octanol–water partition coefficient (Wildman–Crippen LogP) is 4.84. The zero-order valence-corrected chi connectivity index (χ0v) is 21.6. The Morgan fingerprint density at radius 1 is 0.857 bits per heavy atom. The van der Waals surface area contributed by atoms with Crippen molar-refractivity contribution in [2.24, 2.45) is 7.05 Å². The summed E-state index contributed by atoms with van der Waals surface area (Å²) in [5.41, 5.74) is 6.38. The molecule has 0 N–H and O–H groups in total. The number of sulfone groups is 1. The van der Waals surface area contributed by atoms with Gasteiger partial charge in [0.15, 0.2) is 9.84 Å². The van der Waals surface area contributed by atoms with E-state index < -0.39 is 9.84 Å². The van der Waals surface area contributed by atoms with E-state index in [0.29, 0.717) is 10.9 Å². The van der Waals surface area contributed by atoms with E-state index in [4.69, 9.17) is 4.98 Å². The molecule has 1 aliphatic rings. The van der Waals surface area contributed by atoms with E-state index in [0.717, 1.165) is 59.6 Å². The molecule has 1 saturated heterocycles. The number of anilines is 1. The molecule has 2 aromatic heterocycles. The van der Waals surface area contributed by atoms with Gasteiger partial charge in [0.05, 0.1) is 16.1 Å². The van der Waals surface area contributed by atoms with Crippen molar-refractivity contribution in [1.29, 1.82) is 0 Å². The molecule has 0 bridgehead atoms. The molecule has 182 valence electrons. The van der Waals surface area contributed by atoms with Crippen molar-refractivity contribution in [3.05, 3.63) is 66.9 Å². The molecule has 3 heterocycles. The minimum Gasteiger partial charge on any atom is -0.369 e. The highest BCUT2D eigenvalue weighted by Gasteiger charge is 2.19. The molecular weight excluding hydrogens is 456 g/mol. The van der Waals surface area contributed by atoms with Gasteiger partial charge in [-0.1, -0.05) is 24.3 Å². The second-order valence-corrected chi connectivity index (χ2v) is 11.7. The molecule has 4 aromatic rings. The van der Waals surface area contributed by atoms with E-state index in [2.05, 4.69) is 64.6 Å². The van der Waals surface area contributed by atoms with Crippen LogP contribution in [0.5, 0.6) is 0 Å². The maximum atomic E-state index is 11.8. The van der Waals surface area contributed by atoms with Gasteiger partial charge in [0.25, 0.3) is 0 Å². The van der Waals surface area contributed by atoms with Crippen LogP contribution in [-0.2, 0) is 16.9 Å². The van der Waals surface area contributed by atoms with E-state index in [9.17, 15) is 8.42 Å². The van der Waals surface area contributed by atoms with E-state index in [1.807, 2.05) is 25.4 Å². The zero-order chi connectivity index (χ0) is 24.7. The molecule has 0 amide bonds. The summed E-state index contributed by atoms with van der Waals surface area (Å²) in [5, 5.41) is 1.05. The lowest BCUT2D eigenvalue weighted by Gasteiger charge is -2.38. The Labute approximate surface area is 207 Å². The first-order valence-electron chi connectivity index (χ1n) is 12.1. The lowest BCUT2D eigenvalue weighted by atomic mass is 10.1. The highest BCUT2D eigenvalue weighted by atomic mass is 32.2. The molecule has 1 aliphatic heterocycles. The maximum Gasteiger partial charge on any atom is 0.175 e. The van der Waals surface area contributed by atoms with Crippen LogP contribution in [0.1, 0.15) is 13.8 Å². The van der Waals surface area contributed by atoms with Crippen LogP contribution in [0.4, 0.5) is 5.69 Å². The number of rotatable bonds is 5. The van der Waals surface area contributed by atoms with Crippen molar-refractivity contribution >= 4 is 26.4 Å². The average Bonchev–Trinajstić information content (AvgIpc) is 3.19. The second-order valence-electron chi connectivity index (χ2n) is 9.68. The first kappa shape index (κ1) is 23.6. The second kappa shape index (κ2) is 9.13. The number of benzene rings is 2. The summed E-state index contributed by atoms with van der Waals surface area (Å²) >= 11 is 0. The molecule has 7 heteroatoms. The van der Waals surface area contributed by atoms with Crippen LogP contribution in [0, 0.1) is 0 Å². The Hall–Kier alpha value is -3.16. The topological polar surface area (TPSA) is 58.4 Å². The third kappa shape index (κ3) is 4.70. The van der Waals surface area contributed by atoms with Crippen molar-refractivity contribution in [2.45, 2.75) is 24.8 Å². The van der Waals surface area contributed by atoms with Crippen LogP contribution in [0.2, 0.25) is 0 Å². The highest BCUT2D eigenvalue weighted by molar-refractivity contribution is 7.90. The number of piperazine rings is 1.